The van der Waals surface area contributed by atoms with E-state index in [9.17, 15) is 9.59 Å². The molecule has 1 N–H and O–H groups in total. The van der Waals surface area contributed by atoms with Gasteiger partial charge in [0.25, 0.3) is 0 Å². The molecule has 2 aromatic rings. The van der Waals surface area contributed by atoms with Crippen molar-refractivity contribution in [2.45, 2.75) is 58.8 Å². The van der Waals surface area contributed by atoms with E-state index in [2.05, 4.69) is 9.88 Å². The predicted octanol–water partition coefficient (Wildman–Crippen LogP) is 4.95. The van der Waals surface area contributed by atoms with Crippen molar-refractivity contribution in [3.05, 3.63) is 57.8 Å². The summed E-state index contributed by atoms with van der Waals surface area (Å²) in [6, 6.07) is 8.78. The van der Waals surface area contributed by atoms with Gasteiger partial charge in [-0.2, -0.15) is 0 Å². The summed E-state index contributed by atoms with van der Waals surface area (Å²) >= 11 is 12.4. The summed E-state index contributed by atoms with van der Waals surface area (Å²) in [5.41, 5.74) is 1.51. The smallest absolute Gasteiger partial charge is 0.318 e. The Labute approximate surface area is 194 Å². The topological polar surface area (TPSA) is 57.6 Å². The van der Waals surface area contributed by atoms with Gasteiger partial charge in [0.1, 0.15) is 6.54 Å². The number of fused-ring (bicyclic) bond motifs is 1. The fraction of sp³-hybridized carbons (Fsp3) is 0.478. The number of benzene rings is 1. The van der Waals surface area contributed by atoms with Crippen LogP contribution in [0.1, 0.15) is 51.9 Å². The third kappa shape index (κ3) is 5.36. The van der Waals surface area contributed by atoms with Gasteiger partial charge in [-0.1, -0.05) is 29.3 Å². The monoisotopic (exact) mass is 464 g/mol. The Morgan fingerprint density at radius 2 is 1.87 bits per heavy atom. The first-order chi connectivity index (χ1) is 14.5. The largest absolute Gasteiger partial charge is 0.348 e. The maximum absolute atomic E-state index is 13.5. The summed E-state index contributed by atoms with van der Waals surface area (Å²) in [5, 5.41) is 3.88. The molecule has 8 heteroatoms. The van der Waals surface area contributed by atoms with Crippen LogP contribution in [-0.4, -0.2) is 51.0 Å². The van der Waals surface area contributed by atoms with Gasteiger partial charge in [-0.25, -0.2) is 4.79 Å². The second kappa shape index (κ2) is 9.13. The predicted molar refractivity (Wildman–Crippen MR) is 125 cm³/mol. The zero-order valence-corrected chi connectivity index (χ0v) is 20.2. The number of nitrogens with zero attached hydrogens (tertiary/aromatic N) is 3. The molecule has 3 rings (SSSR count). The van der Waals surface area contributed by atoms with Crippen molar-refractivity contribution < 1.29 is 9.59 Å². The molecule has 6 nitrogen and oxygen atoms in total. The molecule has 0 spiro atoms. The molecular weight excluding hydrogens is 435 g/mol. The van der Waals surface area contributed by atoms with Crippen LogP contribution in [0.15, 0.2) is 36.5 Å². The highest BCUT2D eigenvalue weighted by atomic mass is 35.5. The second-order valence-corrected chi connectivity index (χ2v) is 10.0. The van der Waals surface area contributed by atoms with Gasteiger partial charge >= 0.3 is 6.03 Å². The molecule has 1 unspecified atom stereocenters. The zero-order chi connectivity index (χ0) is 22.9. The molecule has 2 heterocycles. The van der Waals surface area contributed by atoms with Gasteiger partial charge in [-0.3, -0.25) is 4.79 Å². The van der Waals surface area contributed by atoms with Gasteiger partial charge in [-0.05, 0) is 64.4 Å². The van der Waals surface area contributed by atoms with E-state index in [0.29, 0.717) is 23.1 Å². The number of urea groups is 1. The van der Waals surface area contributed by atoms with Crippen LogP contribution in [0.25, 0.3) is 0 Å². The number of amides is 3. The molecule has 0 bridgehead atoms. The van der Waals surface area contributed by atoms with Gasteiger partial charge in [0.15, 0.2) is 0 Å². The minimum atomic E-state index is -0.387. The number of halogens is 2. The summed E-state index contributed by atoms with van der Waals surface area (Å²) in [4.78, 5) is 29.7. The van der Waals surface area contributed by atoms with Gasteiger partial charge in [0.05, 0.1) is 16.1 Å². The number of carbonyl (C=O) groups excluding carboxylic acids is 2. The van der Waals surface area contributed by atoms with Crippen LogP contribution >= 0.6 is 23.2 Å². The summed E-state index contributed by atoms with van der Waals surface area (Å²) in [6.07, 6.45) is 2.01. The van der Waals surface area contributed by atoms with Crippen LogP contribution in [0, 0.1) is 0 Å². The lowest BCUT2D eigenvalue weighted by Crippen LogP contribution is -2.54. The standard InChI is InChI=1S/C23H30Cl2N4O2/c1-15(2)29(22(31)26-23(3,4)5)14-20(30)28-12-11-27-10-6-7-19(27)21(28)16-8-9-17(24)18(25)13-16/h6-10,13,15,21H,11-12,14H2,1-5H3,(H,26,31). The normalized spacial score (nSPS) is 16.3. The van der Waals surface area contributed by atoms with Gasteiger partial charge < -0.3 is 19.7 Å². The second-order valence-electron chi connectivity index (χ2n) is 9.19. The SMILES string of the molecule is CC(C)N(CC(=O)N1CCn2cccc2C1c1ccc(Cl)c(Cl)c1)C(=O)NC(C)(C)C. The van der Waals surface area contributed by atoms with Gasteiger partial charge in [0.2, 0.25) is 5.91 Å². The van der Waals surface area contributed by atoms with Gasteiger partial charge in [-0.15, -0.1) is 0 Å². The number of rotatable bonds is 4. The van der Waals surface area contributed by atoms with E-state index in [0.717, 1.165) is 11.3 Å². The highest BCUT2D eigenvalue weighted by molar-refractivity contribution is 6.42. The maximum Gasteiger partial charge on any atom is 0.318 e. The molecule has 1 aromatic heterocycles. The van der Waals surface area contributed by atoms with E-state index >= 15 is 0 Å². The van der Waals surface area contributed by atoms with Crippen LogP contribution in [0.3, 0.4) is 0 Å². The average Bonchev–Trinajstić information content (AvgIpc) is 3.14. The Morgan fingerprint density at radius 1 is 1.16 bits per heavy atom. The molecule has 0 fully saturated rings. The van der Waals surface area contributed by atoms with Crippen LogP contribution in [0.4, 0.5) is 4.79 Å². The first-order valence-corrected chi connectivity index (χ1v) is 11.2. The molecule has 31 heavy (non-hydrogen) atoms. The molecule has 0 saturated heterocycles. The summed E-state index contributed by atoms with van der Waals surface area (Å²) < 4.78 is 2.14. The fourth-order valence-electron chi connectivity index (χ4n) is 3.80. The van der Waals surface area contributed by atoms with Crippen LogP contribution in [-0.2, 0) is 11.3 Å². The Kier molecular flexibility index (Phi) is 6.92. The van der Waals surface area contributed by atoms with E-state index < -0.39 is 0 Å². The average molecular weight is 465 g/mol. The van der Waals surface area contributed by atoms with Crippen molar-refractivity contribution >= 4 is 35.1 Å². The summed E-state index contributed by atoms with van der Waals surface area (Å²) in [6.45, 7) is 10.8. The van der Waals surface area contributed by atoms with E-state index in [4.69, 9.17) is 23.2 Å². The molecule has 0 radical (unpaired) electrons. The van der Waals surface area contributed by atoms with E-state index in [1.165, 1.54) is 0 Å². The van der Waals surface area contributed by atoms with Crippen molar-refractivity contribution in [2.24, 2.45) is 0 Å². The van der Waals surface area contributed by atoms with Crippen molar-refractivity contribution in [1.82, 2.24) is 19.7 Å². The number of nitrogens with one attached hydrogen (secondary N) is 1. The Morgan fingerprint density at radius 3 is 2.48 bits per heavy atom. The van der Waals surface area contributed by atoms with Crippen molar-refractivity contribution in [3.8, 4) is 0 Å². The lowest BCUT2D eigenvalue weighted by molar-refractivity contribution is -0.134. The third-order valence-electron chi connectivity index (χ3n) is 5.29. The lowest BCUT2D eigenvalue weighted by Gasteiger charge is -2.39. The van der Waals surface area contributed by atoms with Crippen molar-refractivity contribution in [3.63, 3.8) is 0 Å². The lowest BCUT2D eigenvalue weighted by atomic mass is 9.99. The Bertz CT molecular complexity index is 965. The van der Waals surface area contributed by atoms with Crippen LogP contribution < -0.4 is 5.32 Å². The fourth-order valence-corrected chi connectivity index (χ4v) is 4.11. The maximum atomic E-state index is 13.5. The molecule has 1 atom stereocenters. The molecular formula is C23H30Cl2N4O2. The molecule has 0 saturated carbocycles. The number of carbonyl (C=O) groups is 2. The van der Waals surface area contributed by atoms with E-state index in [-0.39, 0.29) is 36.1 Å². The molecule has 1 aliphatic heterocycles. The third-order valence-corrected chi connectivity index (χ3v) is 6.03. The molecule has 1 aromatic carbocycles. The van der Waals surface area contributed by atoms with Crippen LogP contribution in [0.2, 0.25) is 10.0 Å². The van der Waals surface area contributed by atoms with E-state index in [1.54, 1.807) is 11.0 Å². The van der Waals surface area contributed by atoms with Gasteiger partial charge in [0, 0.05) is 36.6 Å². The highest BCUT2D eigenvalue weighted by Crippen LogP contribution is 2.35. The van der Waals surface area contributed by atoms with E-state index in [1.807, 2.05) is 70.0 Å². The molecule has 3 amide bonds. The number of hydrogen-bond donors (Lipinski definition) is 1. The number of aromatic nitrogens is 1. The first kappa shape index (κ1) is 23.5. The van der Waals surface area contributed by atoms with Crippen molar-refractivity contribution in [2.75, 3.05) is 13.1 Å². The summed E-state index contributed by atoms with van der Waals surface area (Å²) in [5.74, 6) is -0.110. The van der Waals surface area contributed by atoms with Crippen molar-refractivity contribution in [1.29, 1.82) is 0 Å². The molecule has 0 aliphatic carbocycles. The Hall–Kier alpha value is -2.18. The van der Waals surface area contributed by atoms with Crippen LogP contribution in [0.5, 0.6) is 0 Å². The highest BCUT2D eigenvalue weighted by Gasteiger charge is 2.34. The zero-order valence-electron chi connectivity index (χ0n) is 18.7. The number of hydrogen-bond acceptors (Lipinski definition) is 2. The molecule has 1 aliphatic rings. The first-order valence-electron chi connectivity index (χ1n) is 10.5. The summed E-state index contributed by atoms with van der Waals surface area (Å²) in [7, 11) is 0. The Balaban J connectivity index is 1.90. The molecule has 168 valence electrons. The quantitative estimate of drug-likeness (QED) is 0.695. The minimum Gasteiger partial charge on any atom is -0.348 e. The minimum absolute atomic E-state index is 0.00187.